The number of hydrogen-bond acceptors (Lipinski definition) is 3. The summed E-state index contributed by atoms with van der Waals surface area (Å²) in [6, 6.07) is 0. The smallest absolute Gasteiger partial charge is 0.434 e. The van der Waals surface area contributed by atoms with Crippen LogP contribution in [-0.4, -0.2) is 50.1 Å². The molecular weight excluding hydrogens is 170 g/mol. The van der Waals surface area contributed by atoms with Crippen molar-refractivity contribution in [2.75, 3.05) is 32.8 Å². The number of amides is 1. The summed E-state index contributed by atoms with van der Waals surface area (Å²) >= 11 is 0. The van der Waals surface area contributed by atoms with Gasteiger partial charge in [0.1, 0.15) is 0 Å². The van der Waals surface area contributed by atoms with Crippen molar-refractivity contribution in [3.05, 3.63) is 0 Å². The number of hydrogen-bond donors (Lipinski definition) is 1. The molecule has 0 aromatic heterocycles. The summed E-state index contributed by atoms with van der Waals surface area (Å²) in [5.41, 5.74) is 0. The Morgan fingerprint density at radius 1 is 1.62 bits per heavy atom. The van der Waals surface area contributed by atoms with Gasteiger partial charge in [0, 0.05) is 26.2 Å². The molecule has 0 aliphatic carbocycles. The van der Waals surface area contributed by atoms with E-state index < -0.39 is 6.09 Å². The Hall–Kier alpha value is -1.10. The van der Waals surface area contributed by atoms with Crippen LogP contribution in [-0.2, 0) is 4.74 Å². The molecular formula is C8H15N3O2. The second-order valence-corrected chi connectivity index (χ2v) is 2.73. The van der Waals surface area contributed by atoms with Crippen molar-refractivity contribution in [1.82, 2.24) is 10.2 Å². The van der Waals surface area contributed by atoms with E-state index in [1.807, 2.05) is 4.90 Å². The Bertz CT molecular complexity index is 188. The van der Waals surface area contributed by atoms with E-state index in [1.165, 1.54) is 0 Å². The van der Waals surface area contributed by atoms with Crippen LogP contribution in [0.15, 0.2) is 4.99 Å². The number of carbonyl (C=O) groups is 1. The minimum atomic E-state index is -0.513. The third-order valence-electron chi connectivity index (χ3n) is 1.75. The van der Waals surface area contributed by atoms with Gasteiger partial charge < -0.3 is 15.0 Å². The number of ether oxygens (including phenoxy) is 1. The van der Waals surface area contributed by atoms with E-state index in [1.54, 1.807) is 13.3 Å². The number of rotatable bonds is 2. The zero-order chi connectivity index (χ0) is 9.52. The summed E-state index contributed by atoms with van der Waals surface area (Å²) < 4.78 is 4.65. The van der Waals surface area contributed by atoms with Crippen molar-refractivity contribution in [2.45, 2.75) is 6.92 Å². The molecule has 0 radical (unpaired) electrons. The fourth-order valence-electron chi connectivity index (χ4n) is 1.09. The summed E-state index contributed by atoms with van der Waals surface area (Å²) in [6.07, 6.45) is 1.04. The molecule has 0 saturated carbocycles. The molecule has 1 aliphatic heterocycles. The second-order valence-electron chi connectivity index (χ2n) is 2.73. The van der Waals surface area contributed by atoms with Gasteiger partial charge in [0.05, 0.1) is 12.9 Å². The fourth-order valence-corrected chi connectivity index (χ4v) is 1.09. The van der Waals surface area contributed by atoms with E-state index in [2.05, 4.69) is 15.0 Å². The van der Waals surface area contributed by atoms with E-state index in [-0.39, 0.29) is 0 Å². The Morgan fingerprint density at radius 2 is 2.31 bits per heavy atom. The van der Waals surface area contributed by atoms with Gasteiger partial charge >= 0.3 is 6.09 Å². The average Bonchev–Trinajstić information content (AvgIpc) is 2.17. The number of aliphatic imine (C=N–C) groups is 1. The number of nitrogens with one attached hydrogen (secondary N) is 1. The van der Waals surface area contributed by atoms with Crippen molar-refractivity contribution < 1.29 is 9.53 Å². The molecule has 0 aromatic carbocycles. The molecule has 74 valence electrons. The lowest BCUT2D eigenvalue weighted by molar-refractivity contribution is 0.163. The molecule has 13 heavy (non-hydrogen) atoms. The Balaban J connectivity index is 2.24. The van der Waals surface area contributed by atoms with Crippen LogP contribution in [0.25, 0.3) is 0 Å². The van der Waals surface area contributed by atoms with E-state index >= 15 is 0 Å². The highest BCUT2D eigenvalue weighted by molar-refractivity contribution is 5.78. The summed E-state index contributed by atoms with van der Waals surface area (Å²) in [5, 5.41) is 3.21. The maximum absolute atomic E-state index is 10.8. The van der Waals surface area contributed by atoms with Gasteiger partial charge in [0.15, 0.2) is 0 Å². The highest BCUT2D eigenvalue weighted by Gasteiger charge is 2.05. The molecule has 1 amide bonds. The van der Waals surface area contributed by atoms with Crippen LogP contribution in [0, 0.1) is 0 Å². The summed E-state index contributed by atoms with van der Waals surface area (Å²) in [7, 11) is 0. The van der Waals surface area contributed by atoms with Crippen LogP contribution in [0.3, 0.4) is 0 Å². The highest BCUT2D eigenvalue weighted by atomic mass is 16.5. The second kappa shape index (κ2) is 5.53. The van der Waals surface area contributed by atoms with Gasteiger partial charge in [0.2, 0.25) is 0 Å². The molecule has 0 bridgehead atoms. The van der Waals surface area contributed by atoms with Crippen molar-refractivity contribution in [2.24, 2.45) is 4.99 Å². The number of carbonyl (C=O) groups excluding carboxylic acids is 1. The molecule has 1 aliphatic rings. The molecule has 1 fully saturated rings. The predicted molar refractivity (Wildman–Crippen MR) is 50.0 cm³/mol. The van der Waals surface area contributed by atoms with Gasteiger partial charge in [-0.05, 0) is 6.92 Å². The normalized spacial score (nSPS) is 17.8. The largest absolute Gasteiger partial charge is 0.448 e. The monoisotopic (exact) mass is 185 g/mol. The molecule has 0 unspecified atom stereocenters. The summed E-state index contributed by atoms with van der Waals surface area (Å²) in [5.74, 6) is 0. The lowest BCUT2D eigenvalue weighted by atomic mass is 10.4. The Labute approximate surface area is 77.8 Å². The van der Waals surface area contributed by atoms with Gasteiger partial charge in [-0.15, -0.1) is 0 Å². The molecule has 1 rings (SSSR count). The first-order chi connectivity index (χ1) is 6.33. The number of piperazine rings is 1. The molecule has 5 heteroatoms. The molecule has 0 aromatic rings. The number of nitrogens with zero attached hydrogens (tertiary/aromatic N) is 2. The Morgan fingerprint density at radius 3 is 2.92 bits per heavy atom. The van der Waals surface area contributed by atoms with Gasteiger partial charge in [0.25, 0.3) is 0 Å². The molecule has 1 heterocycles. The first-order valence-electron chi connectivity index (χ1n) is 4.48. The van der Waals surface area contributed by atoms with Crippen molar-refractivity contribution in [3.8, 4) is 0 Å². The third-order valence-corrected chi connectivity index (χ3v) is 1.75. The van der Waals surface area contributed by atoms with E-state index in [4.69, 9.17) is 0 Å². The zero-order valence-electron chi connectivity index (χ0n) is 7.82. The van der Waals surface area contributed by atoms with E-state index in [0.29, 0.717) is 6.61 Å². The topological polar surface area (TPSA) is 53.9 Å². The molecule has 1 N–H and O–H groups in total. The standard InChI is InChI=1S/C8H15N3O2/c1-2-13-8(12)10-7-11-5-3-9-4-6-11/h7,9H,2-6H2,1H3. The highest BCUT2D eigenvalue weighted by Crippen LogP contribution is 1.89. The lowest BCUT2D eigenvalue weighted by Crippen LogP contribution is -2.42. The summed E-state index contributed by atoms with van der Waals surface area (Å²) in [4.78, 5) is 16.5. The van der Waals surface area contributed by atoms with Gasteiger partial charge in [-0.3, -0.25) is 0 Å². The van der Waals surface area contributed by atoms with Crippen molar-refractivity contribution in [1.29, 1.82) is 0 Å². The van der Waals surface area contributed by atoms with Crippen LogP contribution in [0.4, 0.5) is 4.79 Å². The third kappa shape index (κ3) is 3.89. The van der Waals surface area contributed by atoms with Crippen LogP contribution >= 0.6 is 0 Å². The van der Waals surface area contributed by atoms with Crippen LogP contribution in [0.5, 0.6) is 0 Å². The molecule has 0 atom stereocenters. The van der Waals surface area contributed by atoms with Crippen molar-refractivity contribution in [3.63, 3.8) is 0 Å². The minimum absolute atomic E-state index is 0.373. The molecule has 0 spiro atoms. The van der Waals surface area contributed by atoms with Gasteiger partial charge in [-0.25, -0.2) is 4.79 Å². The average molecular weight is 185 g/mol. The SMILES string of the molecule is CCOC(=O)N=CN1CCNCC1. The van der Waals surface area contributed by atoms with Crippen LogP contribution in [0.2, 0.25) is 0 Å². The first kappa shape index (κ1) is 9.98. The van der Waals surface area contributed by atoms with E-state index in [9.17, 15) is 4.79 Å². The predicted octanol–water partition coefficient (Wildman–Crippen LogP) is 0.0764. The van der Waals surface area contributed by atoms with Gasteiger partial charge in [-0.2, -0.15) is 4.99 Å². The minimum Gasteiger partial charge on any atom is -0.448 e. The zero-order valence-corrected chi connectivity index (χ0v) is 7.82. The van der Waals surface area contributed by atoms with Crippen LogP contribution in [0.1, 0.15) is 6.92 Å². The first-order valence-corrected chi connectivity index (χ1v) is 4.48. The fraction of sp³-hybridized carbons (Fsp3) is 0.750. The van der Waals surface area contributed by atoms with E-state index in [0.717, 1.165) is 26.2 Å². The van der Waals surface area contributed by atoms with Crippen molar-refractivity contribution >= 4 is 12.4 Å². The Kier molecular flexibility index (Phi) is 4.25. The maximum Gasteiger partial charge on any atom is 0.434 e. The van der Waals surface area contributed by atoms with Crippen LogP contribution < -0.4 is 5.32 Å². The maximum atomic E-state index is 10.8. The lowest BCUT2D eigenvalue weighted by Gasteiger charge is -2.24. The molecule has 5 nitrogen and oxygen atoms in total. The molecule has 1 saturated heterocycles. The van der Waals surface area contributed by atoms with Gasteiger partial charge in [-0.1, -0.05) is 0 Å². The quantitative estimate of drug-likeness (QED) is 0.489. The summed E-state index contributed by atoms with van der Waals surface area (Å²) in [6.45, 7) is 5.80.